The molecule has 2 rings (SSSR count). The fourth-order valence-electron chi connectivity index (χ4n) is 2.31. The van der Waals surface area contributed by atoms with Crippen LogP contribution in [-0.2, 0) is 0 Å². The zero-order valence-corrected chi connectivity index (χ0v) is 6.06. The Morgan fingerprint density at radius 2 is 2.00 bits per heavy atom. The van der Waals surface area contributed by atoms with E-state index >= 15 is 0 Å². The third kappa shape index (κ3) is 0.625. The first kappa shape index (κ1) is 7.43. The fraction of sp³-hybridized carbons (Fsp3) is 1.00. The van der Waals surface area contributed by atoms with Crippen molar-refractivity contribution in [3.63, 3.8) is 0 Å². The van der Waals surface area contributed by atoms with Gasteiger partial charge in [-0.25, -0.2) is 8.78 Å². The van der Waals surface area contributed by atoms with E-state index in [-0.39, 0.29) is 6.04 Å². The minimum atomic E-state index is -2.64. The van der Waals surface area contributed by atoms with Crippen LogP contribution in [0.15, 0.2) is 0 Å². The molecule has 0 aromatic heterocycles. The second kappa shape index (κ2) is 1.75. The van der Waals surface area contributed by atoms with Crippen LogP contribution in [-0.4, -0.2) is 23.7 Å². The normalized spacial score (nSPS) is 52.4. The lowest BCUT2D eigenvalue weighted by atomic mass is 9.75. The van der Waals surface area contributed by atoms with E-state index in [4.69, 9.17) is 10.8 Å². The first-order valence-corrected chi connectivity index (χ1v) is 3.79. The van der Waals surface area contributed by atoms with Crippen molar-refractivity contribution in [1.29, 1.82) is 0 Å². The van der Waals surface area contributed by atoms with Gasteiger partial charge in [0.2, 0.25) is 0 Å². The number of aliphatic hydroxyl groups is 1. The Hall–Kier alpha value is -0.220. The van der Waals surface area contributed by atoms with Gasteiger partial charge in [0, 0.05) is 11.5 Å². The average molecular weight is 163 g/mol. The van der Waals surface area contributed by atoms with Gasteiger partial charge in [0.1, 0.15) is 0 Å². The molecular formula is C7H11F2NO. The van der Waals surface area contributed by atoms with Gasteiger partial charge in [0.15, 0.2) is 0 Å². The molecule has 2 aliphatic rings. The summed E-state index contributed by atoms with van der Waals surface area (Å²) in [4.78, 5) is 0. The molecule has 0 aromatic rings. The molecule has 2 fully saturated rings. The van der Waals surface area contributed by atoms with Crippen molar-refractivity contribution in [3.8, 4) is 0 Å². The first-order valence-electron chi connectivity index (χ1n) is 3.79. The van der Waals surface area contributed by atoms with Crippen molar-refractivity contribution < 1.29 is 13.9 Å². The maximum absolute atomic E-state index is 12.9. The summed E-state index contributed by atoms with van der Waals surface area (Å²) in [6.07, 6.45) is 0.760. The van der Waals surface area contributed by atoms with E-state index in [1.54, 1.807) is 0 Å². The molecule has 3 N–H and O–H groups in total. The summed E-state index contributed by atoms with van der Waals surface area (Å²) in [5.41, 5.74) is 4.52. The lowest BCUT2D eigenvalue weighted by Crippen LogP contribution is -2.41. The van der Waals surface area contributed by atoms with Crippen molar-refractivity contribution >= 4 is 0 Å². The maximum Gasteiger partial charge on any atom is 0.260 e. The van der Waals surface area contributed by atoms with Gasteiger partial charge in [-0.05, 0) is 12.8 Å². The Labute approximate surface area is 63.4 Å². The Bertz CT molecular complexity index is 189. The Balaban J connectivity index is 2.09. The molecule has 0 radical (unpaired) electrons. The summed E-state index contributed by atoms with van der Waals surface area (Å²) in [6.45, 7) is -0.403. The van der Waals surface area contributed by atoms with Crippen molar-refractivity contribution in [2.24, 2.45) is 17.1 Å². The summed E-state index contributed by atoms with van der Waals surface area (Å²) < 4.78 is 25.7. The molecule has 2 saturated carbocycles. The molecule has 1 spiro atoms. The molecule has 2 nitrogen and oxygen atoms in total. The number of hydrogen-bond acceptors (Lipinski definition) is 2. The maximum atomic E-state index is 12.9. The molecule has 0 amide bonds. The molecule has 0 unspecified atom stereocenters. The van der Waals surface area contributed by atoms with Crippen molar-refractivity contribution in [2.45, 2.75) is 24.8 Å². The summed E-state index contributed by atoms with van der Waals surface area (Å²) in [5, 5.41) is 8.61. The summed E-state index contributed by atoms with van der Waals surface area (Å²) in [6, 6.07) is -0.0718. The molecule has 2 aliphatic carbocycles. The smallest absolute Gasteiger partial charge is 0.260 e. The molecule has 0 saturated heterocycles. The highest BCUT2D eigenvalue weighted by Gasteiger charge is 2.83. The standard InChI is InChI=1S/C7H11F2NO/c8-7(9)5(3-11)6(7)1-4(10)2-6/h4-5,11H,1-3,10H2/t4?,5-,6?/m1/s1. The van der Waals surface area contributed by atoms with E-state index in [9.17, 15) is 8.78 Å². The fourth-order valence-corrected chi connectivity index (χ4v) is 2.31. The molecule has 4 heteroatoms. The van der Waals surface area contributed by atoms with Gasteiger partial charge < -0.3 is 10.8 Å². The Morgan fingerprint density at radius 3 is 2.27 bits per heavy atom. The van der Waals surface area contributed by atoms with Crippen molar-refractivity contribution in [2.75, 3.05) is 6.61 Å². The average Bonchev–Trinajstić information content (AvgIpc) is 2.28. The first-order chi connectivity index (χ1) is 5.04. The molecule has 1 atom stereocenters. The Morgan fingerprint density at radius 1 is 1.45 bits per heavy atom. The van der Waals surface area contributed by atoms with Crippen LogP contribution in [0.4, 0.5) is 8.78 Å². The number of halogens is 2. The summed E-state index contributed by atoms with van der Waals surface area (Å²) in [5.74, 6) is -3.45. The largest absolute Gasteiger partial charge is 0.396 e. The van der Waals surface area contributed by atoms with E-state index < -0.39 is 23.9 Å². The predicted molar refractivity (Wildman–Crippen MR) is 35.2 cm³/mol. The highest BCUT2D eigenvalue weighted by molar-refractivity contribution is 5.24. The lowest BCUT2D eigenvalue weighted by molar-refractivity contribution is 0.0188. The van der Waals surface area contributed by atoms with Crippen LogP contribution < -0.4 is 5.73 Å². The van der Waals surface area contributed by atoms with Gasteiger partial charge in [0.05, 0.1) is 12.5 Å². The summed E-state index contributed by atoms with van der Waals surface area (Å²) >= 11 is 0. The zero-order valence-electron chi connectivity index (χ0n) is 6.06. The lowest BCUT2D eigenvalue weighted by Gasteiger charge is -2.33. The van der Waals surface area contributed by atoms with Crippen LogP contribution >= 0.6 is 0 Å². The molecule has 0 aliphatic heterocycles. The van der Waals surface area contributed by atoms with Crippen LogP contribution in [0.5, 0.6) is 0 Å². The minimum absolute atomic E-state index is 0.0718. The number of hydrogen-bond donors (Lipinski definition) is 2. The van der Waals surface area contributed by atoms with Crippen molar-refractivity contribution in [1.82, 2.24) is 0 Å². The zero-order chi connectivity index (χ0) is 8.28. The molecule has 0 aromatic carbocycles. The van der Waals surface area contributed by atoms with E-state index in [2.05, 4.69) is 0 Å². The molecule has 11 heavy (non-hydrogen) atoms. The number of aliphatic hydroxyl groups excluding tert-OH is 1. The van der Waals surface area contributed by atoms with Gasteiger partial charge in [-0.2, -0.15) is 0 Å². The van der Waals surface area contributed by atoms with Gasteiger partial charge in [0.25, 0.3) is 5.92 Å². The highest BCUT2D eigenvalue weighted by Crippen LogP contribution is 2.74. The molecule has 64 valence electrons. The second-order valence-corrected chi connectivity index (χ2v) is 3.68. The number of alkyl halides is 2. The topological polar surface area (TPSA) is 46.2 Å². The van der Waals surface area contributed by atoms with E-state index in [1.165, 1.54) is 0 Å². The highest BCUT2D eigenvalue weighted by atomic mass is 19.3. The second-order valence-electron chi connectivity index (χ2n) is 3.68. The summed E-state index contributed by atoms with van der Waals surface area (Å²) in [7, 11) is 0. The van der Waals surface area contributed by atoms with Gasteiger partial charge in [-0.15, -0.1) is 0 Å². The van der Waals surface area contributed by atoms with Gasteiger partial charge in [-0.3, -0.25) is 0 Å². The SMILES string of the molecule is NC1CC2(C1)[C@@H](CO)C2(F)F. The van der Waals surface area contributed by atoms with Crippen LogP contribution in [0.25, 0.3) is 0 Å². The number of rotatable bonds is 1. The van der Waals surface area contributed by atoms with E-state index in [0.717, 1.165) is 0 Å². The predicted octanol–water partition coefficient (Wildman–Crippen LogP) is 0.351. The van der Waals surface area contributed by atoms with Gasteiger partial charge >= 0.3 is 0 Å². The van der Waals surface area contributed by atoms with Crippen LogP contribution in [0.1, 0.15) is 12.8 Å². The molecular weight excluding hydrogens is 152 g/mol. The van der Waals surface area contributed by atoms with Crippen LogP contribution in [0.3, 0.4) is 0 Å². The van der Waals surface area contributed by atoms with E-state index in [0.29, 0.717) is 12.8 Å². The monoisotopic (exact) mass is 163 g/mol. The minimum Gasteiger partial charge on any atom is -0.396 e. The van der Waals surface area contributed by atoms with Crippen LogP contribution in [0, 0.1) is 11.3 Å². The van der Waals surface area contributed by atoms with Gasteiger partial charge in [-0.1, -0.05) is 0 Å². The van der Waals surface area contributed by atoms with E-state index in [1.807, 2.05) is 0 Å². The molecule has 0 bridgehead atoms. The quantitative estimate of drug-likeness (QED) is 0.586. The van der Waals surface area contributed by atoms with Crippen molar-refractivity contribution in [3.05, 3.63) is 0 Å². The third-order valence-electron chi connectivity index (χ3n) is 3.12. The van der Waals surface area contributed by atoms with Crippen LogP contribution in [0.2, 0.25) is 0 Å². The molecule has 0 heterocycles. The number of nitrogens with two attached hydrogens (primary N) is 1. The Kier molecular flexibility index (Phi) is 1.18. The third-order valence-corrected chi connectivity index (χ3v) is 3.12.